The number of hydrogen-bond acceptors (Lipinski definition) is 4. The lowest BCUT2D eigenvalue weighted by atomic mass is 10.1. The van der Waals surface area contributed by atoms with Gasteiger partial charge < -0.3 is 9.64 Å². The summed E-state index contributed by atoms with van der Waals surface area (Å²) in [5, 5.41) is 0. The number of amides is 1. The number of nitrogens with one attached hydrogen (secondary N) is 1. The normalized spacial score (nSPS) is 16.0. The number of aryl methyl sites for hydroxylation is 1. The molecule has 0 spiro atoms. The third kappa shape index (κ3) is 5.69. The van der Waals surface area contributed by atoms with Crippen molar-refractivity contribution in [3.05, 3.63) is 29.8 Å². The van der Waals surface area contributed by atoms with Crippen LogP contribution >= 0.6 is 0 Å². The fraction of sp³-hybridized carbons (Fsp3) is 0.588. The van der Waals surface area contributed by atoms with Gasteiger partial charge in [0, 0.05) is 39.1 Å². The molecule has 0 aliphatic carbocycles. The van der Waals surface area contributed by atoms with Crippen LogP contribution in [-0.2, 0) is 21.4 Å². The lowest BCUT2D eigenvalue weighted by Crippen LogP contribution is -2.53. The standard InChI is InChI=1S/C17H27N3O4S/c1-3-10-18-25(22,23)20-13-11-19(12-14-20)17(21)9-6-15-4-7-16(24-2)8-5-15/h4-5,7-8,18H,3,6,9-14H2,1-2H3. The molecule has 1 fully saturated rings. The van der Waals surface area contributed by atoms with Gasteiger partial charge in [-0.15, -0.1) is 0 Å². The molecule has 1 aromatic carbocycles. The molecule has 1 aromatic rings. The number of methoxy groups -OCH3 is 1. The molecule has 0 unspecified atom stereocenters. The molecule has 0 bridgehead atoms. The Morgan fingerprint density at radius 2 is 1.80 bits per heavy atom. The lowest BCUT2D eigenvalue weighted by Gasteiger charge is -2.34. The van der Waals surface area contributed by atoms with Gasteiger partial charge >= 0.3 is 0 Å². The molecule has 2 rings (SSSR count). The fourth-order valence-electron chi connectivity index (χ4n) is 2.70. The zero-order valence-corrected chi connectivity index (χ0v) is 15.7. The maximum absolute atomic E-state index is 12.3. The first-order chi connectivity index (χ1) is 12.0. The summed E-state index contributed by atoms with van der Waals surface area (Å²) in [5.41, 5.74) is 1.08. The Morgan fingerprint density at radius 3 is 2.36 bits per heavy atom. The van der Waals surface area contributed by atoms with E-state index in [1.165, 1.54) is 4.31 Å². The highest BCUT2D eigenvalue weighted by Gasteiger charge is 2.28. The van der Waals surface area contributed by atoms with Crippen LogP contribution in [0, 0.1) is 0 Å². The van der Waals surface area contributed by atoms with Crippen LogP contribution in [0.25, 0.3) is 0 Å². The van der Waals surface area contributed by atoms with Crippen molar-refractivity contribution in [1.29, 1.82) is 0 Å². The average molecular weight is 369 g/mol. The minimum atomic E-state index is -3.42. The molecular weight excluding hydrogens is 342 g/mol. The van der Waals surface area contributed by atoms with Gasteiger partial charge in [-0.05, 0) is 30.5 Å². The lowest BCUT2D eigenvalue weighted by molar-refractivity contribution is -0.132. The molecule has 0 aromatic heterocycles. The second kappa shape index (κ2) is 9.17. The van der Waals surface area contributed by atoms with Gasteiger partial charge in [-0.2, -0.15) is 12.7 Å². The minimum Gasteiger partial charge on any atom is -0.497 e. The van der Waals surface area contributed by atoms with Crippen molar-refractivity contribution in [2.75, 3.05) is 39.8 Å². The number of piperazine rings is 1. The summed E-state index contributed by atoms with van der Waals surface area (Å²) < 4.78 is 33.3. The largest absolute Gasteiger partial charge is 0.497 e. The zero-order valence-electron chi connectivity index (χ0n) is 14.9. The van der Waals surface area contributed by atoms with Crippen LogP contribution in [0.1, 0.15) is 25.3 Å². The van der Waals surface area contributed by atoms with Gasteiger partial charge in [0.2, 0.25) is 5.91 Å². The van der Waals surface area contributed by atoms with Crippen LogP contribution < -0.4 is 9.46 Å². The number of hydrogen-bond donors (Lipinski definition) is 1. The Hall–Kier alpha value is -1.64. The van der Waals surface area contributed by atoms with Crippen LogP contribution in [0.3, 0.4) is 0 Å². The number of rotatable bonds is 8. The van der Waals surface area contributed by atoms with Crippen molar-refractivity contribution < 1.29 is 17.9 Å². The predicted octanol–water partition coefficient (Wildman–Crippen LogP) is 1.02. The predicted molar refractivity (Wildman–Crippen MR) is 96.7 cm³/mol. The van der Waals surface area contributed by atoms with Crippen molar-refractivity contribution in [1.82, 2.24) is 13.9 Å². The van der Waals surface area contributed by atoms with Gasteiger partial charge in [-0.1, -0.05) is 19.1 Å². The van der Waals surface area contributed by atoms with Crippen molar-refractivity contribution in [3.63, 3.8) is 0 Å². The molecule has 8 heteroatoms. The van der Waals surface area contributed by atoms with Crippen LogP contribution in [0.15, 0.2) is 24.3 Å². The molecule has 1 aliphatic heterocycles. The quantitative estimate of drug-likeness (QED) is 0.742. The van der Waals surface area contributed by atoms with Crippen LogP contribution in [0.4, 0.5) is 0 Å². The number of carbonyl (C=O) groups excluding carboxylic acids is 1. The highest BCUT2D eigenvalue weighted by molar-refractivity contribution is 7.87. The summed E-state index contributed by atoms with van der Waals surface area (Å²) in [6.07, 6.45) is 1.84. The van der Waals surface area contributed by atoms with Gasteiger partial charge in [0.25, 0.3) is 10.2 Å². The van der Waals surface area contributed by atoms with Crippen molar-refractivity contribution >= 4 is 16.1 Å². The van der Waals surface area contributed by atoms with Crippen LogP contribution in [0.2, 0.25) is 0 Å². The van der Waals surface area contributed by atoms with Crippen molar-refractivity contribution in [3.8, 4) is 5.75 Å². The van der Waals surface area contributed by atoms with E-state index in [0.717, 1.165) is 17.7 Å². The van der Waals surface area contributed by atoms with Gasteiger partial charge in [0.05, 0.1) is 7.11 Å². The van der Waals surface area contributed by atoms with E-state index in [0.29, 0.717) is 45.6 Å². The molecule has 1 N–H and O–H groups in total. The maximum atomic E-state index is 12.3. The second-order valence-corrected chi connectivity index (χ2v) is 7.78. The average Bonchev–Trinajstić information content (AvgIpc) is 2.65. The third-order valence-corrected chi connectivity index (χ3v) is 5.87. The minimum absolute atomic E-state index is 0.0642. The van der Waals surface area contributed by atoms with E-state index >= 15 is 0 Å². The molecule has 1 aliphatic rings. The summed E-state index contributed by atoms with van der Waals surface area (Å²) >= 11 is 0. The number of carbonyl (C=O) groups is 1. The van der Waals surface area contributed by atoms with Crippen molar-refractivity contribution in [2.45, 2.75) is 26.2 Å². The molecular formula is C17H27N3O4S. The van der Waals surface area contributed by atoms with E-state index in [-0.39, 0.29) is 5.91 Å². The number of nitrogens with zero attached hydrogens (tertiary/aromatic N) is 2. The molecule has 7 nitrogen and oxygen atoms in total. The summed E-state index contributed by atoms with van der Waals surface area (Å²) in [5.74, 6) is 0.860. The van der Waals surface area contributed by atoms with Gasteiger partial charge in [-0.25, -0.2) is 4.72 Å². The Kier molecular flexibility index (Phi) is 7.22. The van der Waals surface area contributed by atoms with E-state index in [2.05, 4.69) is 4.72 Å². The van der Waals surface area contributed by atoms with Crippen molar-refractivity contribution in [2.24, 2.45) is 0 Å². The fourth-order valence-corrected chi connectivity index (χ4v) is 3.99. The zero-order chi connectivity index (χ0) is 18.3. The van der Waals surface area contributed by atoms with E-state index in [4.69, 9.17) is 4.74 Å². The monoisotopic (exact) mass is 369 g/mol. The smallest absolute Gasteiger partial charge is 0.279 e. The molecule has 25 heavy (non-hydrogen) atoms. The summed E-state index contributed by atoms with van der Waals surface area (Å²) in [7, 11) is -1.80. The summed E-state index contributed by atoms with van der Waals surface area (Å²) in [4.78, 5) is 14.1. The SMILES string of the molecule is CCCNS(=O)(=O)N1CCN(C(=O)CCc2ccc(OC)cc2)CC1. The van der Waals surface area contributed by atoms with Crippen LogP contribution in [-0.4, -0.2) is 63.4 Å². The second-order valence-electron chi connectivity index (χ2n) is 6.03. The molecule has 0 radical (unpaired) electrons. The summed E-state index contributed by atoms with van der Waals surface area (Å²) in [6, 6.07) is 7.67. The molecule has 1 amide bonds. The highest BCUT2D eigenvalue weighted by atomic mass is 32.2. The topological polar surface area (TPSA) is 79.0 Å². The molecule has 0 saturated carbocycles. The summed E-state index contributed by atoms with van der Waals surface area (Å²) in [6.45, 7) is 3.91. The molecule has 1 saturated heterocycles. The van der Waals surface area contributed by atoms with Gasteiger partial charge in [0.15, 0.2) is 0 Å². The maximum Gasteiger partial charge on any atom is 0.279 e. The van der Waals surface area contributed by atoms with Crippen LogP contribution in [0.5, 0.6) is 5.75 Å². The van der Waals surface area contributed by atoms with E-state index in [1.807, 2.05) is 31.2 Å². The van der Waals surface area contributed by atoms with Gasteiger partial charge in [0.1, 0.15) is 5.75 Å². The third-order valence-electron chi connectivity index (χ3n) is 4.25. The van der Waals surface area contributed by atoms with E-state index < -0.39 is 10.2 Å². The highest BCUT2D eigenvalue weighted by Crippen LogP contribution is 2.14. The Bertz CT molecular complexity index is 653. The number of ether oxygens (including phenoxy) is 1. The Balaban J connectivity index is 1.78. The van der Waals surface area contributed by atoms with E-state index in [1.54, 1.807) is 12.0 Å². The van der Waals surface area contributed by atoms with E-state index in [9.17, 15) is 13.2 Å². The Morgan fingerprint density at radius 1 is 1.16 bits per heavy atom. The Labute approximate surface area is 150 Å². The molecule has 140 valence electrons. The molecule has 1 heterocycles. The van der Waals surface area contributed by atoms with Gasteiger partial charge in [-0.3, -0.25) is 4.79 Å². The first kappa shape index (κ1) is 19.7. The molecule has 0 atom stereocenters. The first-order valence-electron chi connectivity index (χ1n) is 8.61. The first-order valence-corrected chi connectivity index (χ1v) is 10.1. The number of benzene rings is 1.